The summed E-state index contributed by atoms with van der Waals surface area (Å²) in [5, 5.41) is 4.48. The highest BCUT2D eigenvalue weighted by Gasteiger charge is 2.34. The fourth-order valence-electron chi connectivity index (χ4n) is 2.35. The smallest absolute Gasteiger partial charge is 0.371 e. The van der Waals surface area contributed by atoms with E-state index < -0.39 is 29.2 Å². The van der Waals surface area contributed by atoms with Crippen LogP contribution in [0.3, 0.4) is 0 Å². The molecule has 8 heteroatoms. The van der Waals surface area contributed by atoms with Gasteiger partial charge in [-0.05, 0) is 30.2 Å². The van der Waals surface area contributed by atoms with Crippen LogP contribution in [0.4, 0.5) is 24.5 Å². The Balaban J connectivity index is 1.94. The van der Waals surface area contributed by atoms with Gasteiger partial charge in [-0.15, -0.1) is 0 Å². The van der Waals surface area contributed by atoms with Crippen LogP contribution in [0.25, 0.3) is 0 Å². The molecule has 0 aliphatic heterocycles. The van der Waals surface area contributed by atoms with E-state index >= 15 is 0 Å². The molecular weight excluding hydrogens is 361 g/mol. The number of nitrogens with one attached hydrogen (secondary N) is 2. The Kier molecular flexibility index (Phi) is 6.95. The van der Waals surface area contributed by atoms with E-state index in [9.17, 15) is 22.8 Å². The summed E-state index contributed by atoms with van der Waals surface area (Å²) in [6, 6.07) is 12.6. The fourth-order valence-corrected chi connectivity index (χ4v) is 2.35. The first kappa shape index (κ1) is 20.4. The minimum atomic E-state index is -4.69. The largest absolute Gasteiger partial charge is 0.418 e. The summed E-state index contributed by atoms with van der Waals surface area (Å²) in [6.45, 7) is 1.10. The normalized spacial score (nSPS) is 11.1. The second-order valence-electron chi connectivity index (χ2n) is 5.78. The lowest BCUT2D eigenvalue weighted by Crippen LogP contribution is -2.21. The maximum Gasteiger partial charge on any atom is 0.418 e. The Morgan fingerprint density at radius 2 is 1.74 bits per heavy atom. The molecule has 0 radical (unpaired) electrons. The highest BCUT2D eigenvalue weighted by Crippen LogP contribution is 2.36. The van der Waals surface area contributed by atoms with Crippen LogP contribution in [0.2, 0.25) is 0 Å². The molecule has 2 amide bonds. The topological polar surface area (TPSA) is 67.4 Å². The van der Waals surface area contributed by atoms with Gasteiger partial charge in [0.1, 0.15) is 6.61 Å². The minimum absolute atomic E-state index is 0.00747. The standard InChI is InChI=1S/C19H19F3N2O3/c1-13(25)23-15-7-8-17(16(11-15)19(20,21)22)24-18(26)12-27-10-9-14-5-3-2-4-6-14/h2-8,11H,9-10,12H2,1H3,(H,23,25)(H,24,26). The van der Waals surface area contributed by atoms with E-state index in [1.54, 1.807) is 0 Å². The number of halogens is 3. The minimum Gasteiger partial charge on any atom is -0.371 e. The monoisotopic (exact) mass is 380 g/mol. The van der Waals surface area contributed by atoms with Crippen molar-refractivity contribution in [3.05, 3.63) is 59.7 Å². The van der Waals surface area contributed by atoms with Crippen LogP contribution in [-0.2, 0) is 26.9 Å². The third-order valence-electron chi connectivity index (χ3n) is 3.53. The molecule has 0 fully saturated rings. The zero-order valence-electron chi connectivity index (χ0n) is 14.6. The summed E-state index contributed by atoms with van der Waals surface area (Å²) in [5.41, 5.74) is -0.419. The van der Waals surface area contributed by atoms with Crippen molar-refractivity contribution in [2.75, 3.05) is 23.8 Å². The molecule has 0 bridgehead atoms. The molecule has 0 heterocycles. The molecule has 0 aromatic heterocycles. The summed E-state index contributed by atoms with van der Waals surface area (Å²) in [7, 11) is 0. The predicted molar refractivity (Wildman–Crippen MR) is 95.3 cm³/mol. The number of benzene rings is 2. The first-order chi connectivity index (χ1) is 12.8. The number of ether oxygens (including phenoxy) is 1. The van der Waals surface area contributed by atoms with Crippen LogP contribution in [0.15, 0.2) is 48.5 Å². The molecule has 27 heavy (non-hydrogen) atoms. The molecule has 5 nitrogen and oxygen atoms in total. The molecule has 2 aromatic rings. The van der Waals surface area contributed by atoms with Gasteiger partial charge in [0.2, 0.25) is 11.8 Å². The summed E-state index contributed by atoms with van der Waals surface area (Å²) < 4.78 is 44.9. The van der Waals surface area contributed by atoms with Crippen molar-refractivity contribution in [2.45, 2.75) is 19.5 Å². The lowest BCUT2D eigenvalue weighted by Gasteiger charge is -2.15. The molecule has 2 aromatic carbocycles. The molecule has 0 spiro atoms. The Morgan fingerprint density at radius 1 is 1.04 bits per heavy atom. The lowest BCUT2D eigenvalue weighted by atomic mass is 10.1. The van der Waals surface area contributed by atoms with Gasteiger partial charge in [-0.1, -0.05) is 30.3 Å². The second kappa shape index (κ2) is 9.18. The van der Waals surface area contributed by atoms with E-state index in [0.29, 0.717) is 6.42 Å². The summed E-state index contributed by atoms with van der Waals surface area (Å²) in [6.07, 6.45) is -4.10. The molecule has 2 rings (SSSR count). The number of hydrogen-bond donors (Lipinski definition) is 2. The van der Waals surface area contributed by atoms with Crippen molar-refractivity contribution in [2.24, 2.45) is 0 Å². The SMILES string of the molecule is CC(=O)Nc1ccc(NC(=O)COCCc2ccccc2)c(C(F)(F)F)c1. The van der Waals surface area contributed by atoms with Crippen LogP contribution in [0, 0.1) is 0 Å². The molecule has 0 unspecified atom stereocenters. The van der Waals surface area contributed by atoms with Crippen molar-refractivity contribution >= 4 is 23.2 Å². The van der Waals surface area contributed by atoms with Crippen LogP contribution in [0.5, 0.6) is 0 Å². The van der Waals surface area contributed by atoms with E-state index in [2.05, 4.69) is 10.6 Å². The molecule has 0 aliphatic carbocycles. The van der Waals surface area contributed by atoms with E-state index in [0.717, 1.165) is 17.7 Å². The molecule has 2 N–H and O–H groups in total. The molecule has 0 saturated heterocycles. The maximum absolute atomic E-state index is 13.2. The van der Waals surface area contributed by atoms with Gasteiger partial charge in [-0.3, -0.25) is 9.59 Å². The Morgan fingerprint density at radius 3 is 2.37 bits per heavy atom. The molecule has 0 atom stereocenters. The summed E-state index contributed by atoms with van der Waals surface area (Å²) >= 11 is 0. The Labute approximate surface area is 154 Å². The van der Waals surface area contributed by atoms with Crippen LogP contribution in [0.1, 0.15) is 18.1 Å². The number of rotatable bonds is 7. The van der Waals surface area contributed by atoms with E-state index in [1.807, 2.05) is 30.3 Å². The zero-order chi connectivity index (χ0) is 19.9. The van der Waals surface area contributed by atoms with Crippen LogP contribution >= 0.6 is 0 Å². The number of carbonyl (C=O) groups is 2. The Bertz CT molecular complexity index is 793. The van der Waals surface area contributed by atoms with Crippen molar-refractivity contribution in [1.82, 2.24) is 0 Å². The molecule has 144 valence electrons. The first-order valence-corrected chi connectivity index (χ1v) is 8.16. The number of alkyl halides is 3. The Hall–Kier alpha value is -2.87. The first-order valence-electron chi connectivity index (χ1n) is 8.16. The van der Waals surface area contributed by atoms with Gasteiger partial charge in [0.05, 0.1) is 17.9 Å². The highest BCUT2D eigenvalue weighted by atomic mass is 19.4. The lowest BCUT2D eigenvalue weighted by molar-refractivity contribution is -0.137. The average molecular weight is 380 g/mol. The fraction of sp³-hybridized carbons (Fsp3) is 0.263. The van der Waals surface area contributed by atoms with Crippen molar-refractivity contribution in [1.29, 1.82) is 0 Å². The third kappa shape index (κ3) is 6.74. The number of carbonyl (C=O) groups excluding carboxylic acids is 2. The van der Waals surface area contributed by atoms with E-state index in [1.165, 1.54) is 13.0 Å². The second-order valence-corrected chi connectivity index (χ2v) is 5.78. The zero-order valence-corrected chi connectivity index (χ0v) is 14.6. The van der Waals surface area contributed by atoms with Gasteiger partial charge < -0.3 is 15.4 Å². The number of hydrogen-bond acceptors (Lipinski definition) is 3. The molecule has 0 saturated carbocycles. The average Bonchev–Trinajstić information content (AvgIpc) is 2.59. The predicted octanol–water partition coefficient (Wildman–Crippen LogP) is 3.86. The summed E-state index contributed by atoms with van der Waals surface area (Å²) in [4.78, 5) is 22.9. The number of anilines is 2. The van der Waals surface area contributed by atoms with Gasteiger partial charge in [-0.25, -0.2) is 0 Å². The van der Waals surface area contributed by atoms with Crippen molar-refractivity contribution in [3.8, 4) is 0 Å². The van der Waals surface area contributed by atoms with Gasteiger partial charge in [0.25, 0.3) is 0 Å². The quantitative estimate of drug-likeness (QED) is 0.717. The maximum atomic E-state index is 13.2. The third-order valence-corrected chi connectivity index (χ3v) is 3.53. The van der Waals surface area contributed by atoms with E-state index in [-0.39, 0.29) is 18.9 Å². The van der Waals surface area contributed by atoms with Crippen molar-refractivity contribution in [3.63, 3.8) is 0 Å². The molecule has 0 aliphatic rings. The number of amides is 2. The van der Waals surface area contributed by atoms with Gasteiger partial charge in [-0.2, -0.15) is 13.2 Å². The van der Waals surface area contributed by atoms with Gasteiger partial charge >= 0.3 is 6.18 Å². The van der Waals surface area contributed by atoms with Crippen LogP contribution < -0.4 is 10.6 Å². The van der Waals surface area contributed by atoms with Gasteiger partial charge in [0, 0.05) is 12.6 Å². The van der Waals surface area contributed by atoms with Crippen LogP contribution in [-0.4, -0.2) is 25.0 Å². The molecular formula is C19H19F3N2O3. The summed E-state index contributed by atoms with van der Waals surface area (Å²) in [5.74, 6) is -1.19. The van der Waals surface area contributed by atoms with Crippen molar-refractivity contribution < 1.29 is 27.5 Å². The van der Waals surface area contributed by atoms with Gasteiger partial charge in [0.15, 0.2) is 0 Å². The van der Waals surface area contributed by atoms with E-state index in [4.69, 9.17) is 4.74 Å². The highest BCUT2D eigenvalue weighted by molar-refractivity contribution is 5.94.